The molecule has 2 N–H and O–H groups in total. The topological polar surface area (TPSA) is 96.6 Å². The predicted molar refractivity (Wildman–Crippen MR) is 62.7 cm³/mol. The van der Waals surface area contributed by atoms with Gasteiger partial charge in [0.05, 0.1) is 5.69 Å². The third kappa shape index (κ3) is 1.99. The Balaban J connectivity index is 2.70. The van der Waals surface area contributed by atoms with Crippen LogP contribution in [0.5, 0.6) is 5.75 Å². The zero-order valence-electron chi connectivity index (χ0n) is 8.11. The maximum Gasteiger partial charge on any atom is 0.339 e. The largest absolute Gasteiger partial charge is 0.507 e. The van der Waals surface area contributed by atoms with Crippen LogP contribution in [0.1, 0.15) is 10.4 Å². The first-order valence-electron chi connectivity index (χ1n) is 4.29. The molecule has 2 aromatic rings. The number of aromatic nitrogens is 1. The molecule has 0 spiro atoms. The molecule has 1 heterocycles. The van der Waals surface area contributed by atoms with Crippen molar-refractivity contribution >= 4 is 26.7 Å². The van der Waals surface area contributed by atoms with Crippen LogP contribution in [-0.2, 0) is 0 Å². The van der Waals surface area contributed by atoms with E-state index in [0.717, 1.165) is 37.4 Å². The van der Waals surface area contributed by atoms with Gasteiger partial charge in [-0.2, -0.15) is 0 Å². The molecule has 0 saturated carbocycles. The van der Waals surface area contributed by atoms with E-state index < -0.39 is 21.5 Å². The lowest BCUT2D eigenvalue weighted by Crippen LogP contribution is -2.21. The van der Waals surface area contributed by atoms with E-state index in [4.69, 9.17) is 5.11 Å². The van der Waals surface area contributed by atoms with E-state index in [0.29, 0.717) is 0 Å². The second-order valence-corrected chi connectivity index (χ2v) is 5.07. The van der Waals surface area contributed by atoms with Gasteiger partial charge in [-0.1, -0.05) is 0 Å². The zero-order valence-corrected chi connectivity index (χ0v) is 9.75. The molecule has 0 radical (unpaired) electrons. The quantitative estimate of drug-likeness (QED) is 0.785. The van der Waals surface area contributed by atoms with Gasteiger partial charge in [0.25, 0.3) is 0 Å². The Morgan fingerprint density at radius 1 is 1.18 bits per heavy atom. The van der Waals surface area contributed by atoms with Crippen LogP contribution in [0, 0.1) is 0 Å². The molecular weight excluding hydrogens is 266 g/mol. The molecule has 0 fully saturated rings. The lowest BCUT2D eigenvalue weighted by atomic mass is 10.2. The average molecular weight is 271 g/mol. The highest BCUT2D eigenvalue weighted by molar-refractivity contribution is 7.67. The van der Waals surface area contributed by atoms with Crippen molar-refractivity contribution in [3.05, 3.63) is 43.1 Å². The average Bonchev–Trinajstić information content (AvgIpc) is 2.59. The highest BCUT2D eigenvalue weighted by atomic mass is 32.9. The van der Waals surface area contributed by atoms with Crippen molar-refractivity contribution in [3.63, 3.8) is 0 Å². The molecule has 0 amide bonds. The Morgan fingerprint density at radius 2 is 1.76 bits per heavy atom. The molecule has 0 unspecified atom stereocenters. The number of carbonyl (C=O) groups is 1. The summed E-state index contributed by atoms with van der Waals surface area (Å²) in [4.78, 5) is 32.6. The summed E-state index contributed by atoms with van der Waals surface area (Å²) in [5, 5.41) is 18.1. The molecule has 1 aromatic heterocycles. The second-order valence-electron chi connectivity index (χ2n) is 3.04. The molecule has 0 aliphatic heterocycles. The Labute approximate surface area is 101 Å². The third-order valence-corrected chi connectivity index (χ3v) is 3.86. The Morgan fingerprint density at radius 3 is 2.29 bits per heavy atom. The SMILES string of the molecule is O=C(O)c1cc(-n2c(=O)ssc2=O)ccc1O. The van der Waals surface area contributed by atoms with Crippen molar-refractivity contribution in [2.75, 3.05) is 0 Å². The van der Waals surface area contributed by atoms with E-state index in [9.17, 15) is 19.5 Å². The van der Waals surface area contributed by atoms with Crippen LogP contribution >= 0.6 is 20.7 Å². The number of carboxylic acid groups (broad SMARTS) is 1. The van der Waals surface area contributed by atoms with E-state index >= 15 is 0 Å². The van der Waals surface area contributed by atoms with Crippen molar-refractivity contribution < 1.29 is 15.0 Å². The standard InChI is InChI=1S/C9H5NO5S2/c11-6-2-1-4(3-5(6)7(12)13)10-8(14)16-17-9(10)15/h1-3,11H,(H,12,13). The van der Waals surface area contributed by atoms with Gasteiger partial charge in [0.15, 0.2) is 0 Å². The van der Waals surface area contributed by atoms with Crippen LogP contribution < -0.4 is 9.75 Å². The number of nitrogens with zero attached hydrogens (tertiary/aromatic N) is 1. The summed E-state index contributed by atoms with van der Waals surface area (Å²) in [5.41, 5.74) is -0.224. The maximum absolute atomic E-state index is 11.4. The first-order chi connectivity index (χ1) is 8.00. The monoisotopic (exact) mass is 271 g/mol. The third-order valence-electron chi connectivity index (χ3n) is 2.02. The number of aromatic hydroxyl groups is 1. The number of carboxylic acids is 1. The molecule has 0 bridgehead atoms. The van der Waals surface area contributed by atoms with Crippen LogP contribution in [0.2, 0.25) is 0 Å². The molecule has 8 heteroatoms. The molecule has 1 aromatic carbocycles. The summed E-state index contributed by atoms with van der Waals surface area (Å²) < 4.78 is 0.862. The van der Waals surface area contributed by atoms with Gasteiger partial charge < -0.3 is 10.2 Å². The van der Waals surface area contributed by atoms with Gasteiger partial charge in [-0.25, -0.2) is 9.36 Å². The first-order valence-corrected chi connectivity index (χ1v) is 6.44. The van der Waals surface area contributed by atoms with E-state index in [1.54, 1.807) is 0 Å². The van der Waals surface area contributed by atoms with Gasteiger partial charge in [0, 0.05) is 0 Å². The number of hydrogen-bond donors (Lipinski definition) is 2. The highest BCUT2D eigenvalue weighted by Crippen LogP contribution is 2.19. The summed E-state index contributed by atoms with van der Waals surface area (Å²) in [5.74, 6) is -1.75. The minimum Gasteiger partial charge on any atom is -0.507 e. The minimum atomic E-state index is -1.33. The molecular formula is C9H5NO5S2. The van der Waals surface area contributed by atoms with E-state index in [1.807, 2.05) is 0 Å². The van der Waals surface area contributed by atoms with Crippen molar-refractivity contribution in [2.24, 2.45) is 0 Å². The molecule has 2 rings (SSSR count). The number of phenols is 1. The molecule has 0 aliphatic rings. The number of aromatic carboxylic acids is 1. The van der Waals surface area contributed by atoms with Crippen LogP contribution in [0.15, 0.2) is 27.8 Å². The Bertz CT molecular complexity index is 668. The van der Waals surface area contributed by atoms with E-state index in [2.05, 4.69) is 0 Å². The van der Waals surface area contributed by atoms with Crippen LogP contribution in [-0.4, -0.2) is 20.7 Å². The lowest BCUT2D eigenvalue weighted by molar-refractivity contribution is 0.0693. The van der Waals surface area contributed by atoms with Gasteiger partial charge in [-0.15, -0.1) is 0 Å². The van der Waals surface area contributed by atoms with Gasteiger partial charge in [0.1, 0.15) is 11.3 Å². The Kier molecular flexibility index (Phi) is 2.82. The molecule has 0 aliphatic carbocycles. The number of benzene rings is 1. The Hall–Kier alpha value is -1.93. The first kappa shape index (κ1) is 11.6. The van der Waals surface area contributed by atoms with E-state index in [-0.39, 0.29) is 11.3 Å². The summed E-state index contributed by atoms with van der Waals surface area (Å²) in [6, 6.07) is 3.52. The second kappa shape index (κ2) is 4.15. The van der Waals surface area contributed by atoms with Crippen LogP contribution in [0.4, 0.5) is 0 Å². The maximum atomic E-state index is 11.4. The highest BCUT2D eigenvalue weighted by Gasteiger charge is 2.13. The fraction of sp³-hybridized carbons (Fsp3) is 0. The summed E-state index contributed by atoms with van der Waals surface area (Å²) in [7, 11) is 1.54. The summed E-state index contributed by atoms with van der Waals surface area (Å²) >= 11 is 0. The molecule has 17 heavy (non-hydrogen) atoms. The molecule has 0 saturated heterocycles. The predicted octanol–water partition coefficient (Wildman–Crippen LogP) is 0.724. The minimum absolute atomic E-state index is 0.132. The molecule has 88 valence electrons. The van der Waals surface area contributed by atoms with Gasteiger partial charge >= 0.3 is 15.7 Å². The zero-order chi connectivity index (χ0) is 12.6. The van der Waals surface area contributed by atoms with Crippen LogP contribution in [0.25, 0.3) is 5.69 Å². The van der Waals surface area contributed by atoms with Crippen molar-refractivity contribution in [2.45, 2.75) is 0 Å². The fourth-order valence-corrected chi connectivity index (χ4v) is 2.87. The van der Waals surface area contributed by atoms with Gasteiger partial charge in [-0.3, -0.25) is 9.59 Å². The fourth-order valence-electron chi connectivity index (χ4n) is 1.27. The smallest absolute Gasteiger partial charge is 0.339 e. The molecule has 6 nitrogen and oxygen atoms in total. The van der Waals surface area contributed by atoms with Crippen LogP contribution in [0.3, 0.4) is 0 Å². The van der Waals surface area contributed by atoms with Crippen molar-refractivity contribution in [1.82, 2.24) is 4.57 Å². The van der Waals surface area contributed by atoms with Gasteiger partial charge in [0.2, 0.25) is 0 Å². The van der Waals surface area contributed by atoms with E-state index in [1.165, 1.54) is 6.07 Å². The summed E-state index contributed by atoms with van der Waals surface area (Å²) in [6.45, 7) is 0. The summed E-state index contributed by atoms with van der Waals surface area (Å²) in [6.07, 6.45) is 0. The normalized spacial score (nSPS) is 10.4. The van der Waals surface area contributed by atoms with Gasteiger partial charge in [-0.05, 0) is 38.9 Å². The molecule has 0 atom stereocenters. The van der Waals surface area contributed by atoms with Crippen molar-refractivity contribution in [3.8, 4) is 11.4 Å². The lowest BCUT2D eigenvalue weighted by Gasteiger charge is -2.03. The number of rotatable bonds is 2. The number of hydrogen-bond acceptors (Lipinski definition) is 6. The van der Waals surface area contributed by atoms with Crippen molar-refractivity contribution in [1.29, 1.82) is 0 Å².